The fraction of sp³-hybridized carbons (Fsp3) is 0.400. The molecule has 1 aromatic carbocycles. The molecule has 96 valence electrons. The summed E-state index contributed by atoms with van der Waals surface area (Å²) in [5.41, 5.74) is 0. The Bertz CT molecular complexity index is 490. The van der Waals surface area contributed by atoms with E-state index in [9.17, 15) is 12.8 Å². The van der Waals surface area contributed by atoms with E-state index in [2.05, 4.69) is 20.7 Å². The zero-order valence-electron chi connectivity index (χ0n) is 9.15. The van der Waals surface area contributed by atoms with Gasteiger partial charge in [0.05, 0.1) is 6.10 Å². The average Bonchev–Trinajstić information content (AvgIpc) is 2.15. The Hall–Kier alpha value is -0.500. The Morgan fingerprint density at radius 1 is 1.53 bits per heavy atom. The van der Waals surface area contributed by atoms with Gasteiger partial charge in [-0.25, -0.2) is 17.5 Å². The normalized spacial score (nSPS) is 13.6. The molecule has 1 atom stereocenters. The van der Waals surface area contributed by atoms with Crippen LogP contribution in [0.3, 0.4) is 0 Å². The third-order valence-corrected chi connectivity index (χ3v) is 4.03. The number of aliphatic hydroxyl groups is 1. The van der Waals surface area contributed by atoms with Crippen LogP contribution in [-0.2, 0) is 10.0 Å². The van der Waals surface area contributed by atoms with Gasteiger partial charge in [0.15, 0.2) is 0 Å². The molecule has 2 N–H and O–H groups in total. The van der Waals surface area contributed by atoms with Crippen LogP contribution in [0.15, 0.2) is 27.6 Å². The number of aliphatic hydroxyl groups excluding tert-OH is 1. The van der Waals surface area contributed by atoms with Crippen molar-refractivity contribution in [2.45, 2.75) is 24.3 Å². The summed E-state index contributed by atoms with van der Waals surface area (Å²) in [5, 5.41) is 9.00. The number of benzene rings is 1. The smallest absolute Gasteiger partial charge is 0.243 e. The van der Waals surface area contributed by atoms with Gasteiger partial charge in [-0.3, -0.25) is 0 Å². The maximum Gasteiger partial charge on any atom is 0.243 e. The Morgan fingerprint density at radius 2 is 2.18 bits per heavy atom. The molecule has 0 amide bonds. The Labute approximate surface area is 108 Å². The van der Waals surface area contributed by atoms with Gasteiger partial charge in [-0.15, -0.1) is 0 Å². The zero-order chi connectivity index (χ0) is 13.1. The van der Waals surface area contributed by atoms with E-state index in [1.807, 2.05) is 0 Å². The SMILES string of the molecule is CC(O)CCNS(=O)(=O)c1ccc(Br)cc1F. The van der Waals surface area contributed by atoms with Crippen LogP contribution in [0.5, 0.6) is 0 Å². The summed E-state index contributed by atoms with van der Waals surface area (Å²) in [7, 11) is -3.86. The van der Waals surface area contributed by atoms with E-state index in [1.165, 1.54) is 12.1 Å². The maximum absolute atomic E-state index is 13.4. The average molecular weight is 326 g/mol. The number of halogens is 2. The van der Waals surface area contributed by atoms with Crippen LogP contribution in [0.4, 0.5) is 4.39 Å². The Morgan fingerprint density at radius 3 is 2.71 bits per heavy atom. The second-order valence-corrected chi connectivity index (χ2v) is 6.26. The van der Waals surface area contributed by atoms with Gasteiger partial charge in [-0.2, -0.15) is 0 Å². The molecule has 7 heteroatoms. The third kappa shape index (κ3) is 4.34. The molecule has 0 radical (unpaired) electrons. The largest absolute Gasteiger partial charge is 0.393 e. The van der Waals surface area contributed by atoms with Crippen LogP contribution in [-0.4, -0.2) is 26.2 Å². The summed E-state index contributed by atoms with van der Waals surface area (Å²) in [6.07, 6.45) is -0.329. The quantitative estimate of drug-likeness (QED) is 0.864. The van der Waals surface area contributed by atoms with Gasteiger partial charge in [0, 0.05) is 11.0 Å². The lowest BCUT2D eigenvalue weighted by molar-refractivity contribution is 0.186. The molecule has 0 aliphatic carbocycles. The van der Waals surface area contributed by atoms with Gasteiger partial charge in [-0.05, 0) is 31.5 Å². The molecule has 0 spiro atoms. The van der Waals surface area contributed by atoms with Crippen molar-refractivity contribution < 1.29 is 17.9 Å². The molecule has 0 aliphatic heterocycles. The van der Waals surface area contributed by atoms with E-state index in [0.717, 1.165) is 6.07 Å². The van der Waals surface area contributed by atoms with Crippen LogP contribution in [0, 0.1) is 5.82 Å². The van der Waals surface area contributed by atoms with Crippen molar-refractivity contribution in [1.29, 1.82) is 0 Å². The van der Waals surface area contributed by atoms with Gasteiger partial charge in [0.2, 0.25) is 10.0 Å². The first-order valence-corrected chi connectivity index (χ1v) is 7.23. The summed E-state index contributed by atoms with van der Waals surface area (Å²) in [6.45, 7) is 1.62. The second kappa shape index (κ2) is 5.90. The molecule has 0 aromatic heterocycles. The molecule has 1 unspecified atom stereocenters. The van der Waals surface area contributed by atoms with Crippen molar-refractivity contribution in [2.75, 3.05) is 6.54 Å². The number of sulfonamides is 1. The Balaban J connectivity index is 2.83. The summed E-state index contributed by atoms with van der Waals surface area (Å²) in [4.78, 5) is -0.397. The minimum absolute atomic E-state index is 0.0650. The standard InChI is InChI=1S/C10H13BrFNO3S/c1-7(14)4-5-13-17(15,16)10-3-2-8(11)6-9(10)12/h2-3,6-7,13-14H,4-5H2,1H3. The van der Waals surface area contributed by atoms with Crippen LogP contribution in [0.1, 0.15) is 13.3 Å². The third-order valence-electron chi connectivity index (χ3n) is 2.04. The van der Waals surface area contributed by atoms with Crippen molar-refractivity contribution >= 4 is 26.0 Å². The fourth-order valence-electron chi connectivity index (χ4n) is 1.17. The van der Waals surface area contributed by atoms with Gasteiger partial charge in [0.25, 0.3) is 0 Å². The molecular weight excluding hydrogens is 313 g/mol. The van der Waals surface area contributed by atoms with Gasteiger partial charge in [-0.1, -0.05) is 15.9 Å². The highest BCUT2D eigenvalue weighted by Gasteiger charge is 2.18. The molecule has 4 nitrogen and oxygen atoms in total. The lowest BCUT2D eigenvalue weighted by Gasteiger charge is -2.08. The molecule has 0 saturated carbocycles. The number of hydrogen-bond donors (Lipinski definition) is 2. The first-order valence-electron chi connectivity index (χ1n) is 4.95. The maximum atomic E-state index is 13.4. The summed E-state index contributed by atoms with van der Waals surface area (Å²) < 4.78 is 39.5. The van der Waals surface area contributed by atoms with Crippen LogP contribution >= 0.6 is 15.9 Å². The minimum atomic E-state index is -3.86. The molecule has 1 rings (SSSR count). The molecule has 0 fully saturated rings. The number of nitrogens with one attached hydrogen (secondary N) is 1. The van der Waals surface area contributed by atoms with E-state index >= 15 is 0 Å². The van der Waals surface area contributed by atoms with Crippen molar-refractivity contribution in [1.82, 2.24) is 4.72 Å². The first kappa shape index (κ1) is 14.6. The van der Waals surface area contributed by atoms with Gasteiger partial charge < -0.3 is 5.11 Å². The topological polar surface area (TPSA) is 66.4 Å². The van der Waals surface area contributed by atoms with Crippen molar-refractivity contribution in [3.8, 4) is 0 Å². The highest BCUT2D eigenvalue weighted by molar-refractivity contribution is 9.10. The highest BCUT2D eigenvalue weighted by atomic mass is 79.9. The summed E-state index contributed by atoms with van der Waals surface area (Å²) in [6, 6.07) is 3.72. The van der Waals surface area contributed by atoms with Gasteiger partial charge in [0.1, 0.15) is 10.7 Å². The lowest BCUT2D eigenvalue weighted by Crippen LogP contribution is -2.27. The monoisotopic (exact) mass is 325 g/mol. The fourth-order valence-corrected chi connectivity index (χ4v) is 2.61. The predicted molar refractivity (Wildman–Crippen MR) is 65.6 cm³/mol. The predicted octanol–water partition coefficient (Wildman–Crippen LogP) is 1.64. The Kier molecular flexibility index (Phi) is 5.05. The first-order chi connectivity index (χ1) is 7.83. The molecular formula is C10H13BrFNO3S. The van der Waals surface area contributed by atoms with Crippen LogP contribution in [0.25, 0.3) is 0 Å². The van der Waals surface area contributed by atoms with E-state index in [4.69, 9.17) is 5.11 Å². The lowest BCUT2D eigenvalue weighted by atomic mass is 10.3. The van der Waals surface area contributed by atoms with E-state index in [0.29, 0.717) is 4.47 Å². The molecule has 0 heterocycles. The number of hydrogen-bond acceptors (Lipinski definition) is 3. The van der Waals surface area contributed by atoms with E-state index in [-0.39, 0.29) is 13.0 Å². The van der Waals surface area contributed by atoms with Gasteiger partial charge >= 0.3 is 0 Å². The van der Waals surface area contributed by atoms with Crippen molar-refractivity contribution in [3.63, 3.8) is 0 Å². The second-order valence-electron chi connectivity index (χ2n) is 3.61. The van der Waals surface area contributed by atoms with Crippen molar-refractivity contribution in [2.24, 2.45) is 0 Å². The van der Waals surface area contributed by atoms with Crippen molar-refractivity contribution in [3.05, 3.63) is 28.5 Å². The molecule has 0 saturated heterocycles. The van der Waals surface area contributed by atoms with E-state index in [1.54, 1.807) is 6.92 Å². The molecule has 1 aromatic rings. The highest BCUT2D eigenvalue weighted by Crippen LogP contribution is 2.19. The van der Waals surface area contributed by atoms with Crippen LogP contribution in [0.2, 0.25) is 0 Å². The zero-order valence-corrected chi connectivity index (χ0v) is 11.6. The van der Waals surface area contributed by atoms with E-state index < -0.39 is 26.8 Å². The summed E-state index contributed by atoms with van der Waals surface area (Å²) in [5.74, 6) is -0.816. The molecule has 0 aliphatic rings. The minimum Gasteiger partial charge on any atom is -0.393 e. The molecule has 0 bridgehead atoms. The molecule has 17 heavy (non-hydrogen) atoms. The van der Waals surface area contributed by atoms with Crippen LogP contribution < -0.4 is 4.72 Å². The number of rotatable bonds is 5. The summed E-state index contributed by atoms with van der Waals surface area (Å²) >= 11 is 3.05.